The molecule has 1 spiro atoms. The van der Waals surface area contributed by atoms with Crippen LogP contribution < -0.4 is 15.4 Å². The van der Waals surface area contributed by atoms with Crippen molar-refractivity contribution in [2.75, 3.05) is 19.7 Å². The predicted octanol–water partition coefficient (Wildman–Crippen LogP) is 1.64. The van der Waals surface area contributed by atoms with Crippen molar-refractivity contribution in [1.82, 2.24) is 15.5 Å². The van der Waals surface area contributed by atoms with Gasteiger partial charge < -0.3 is 15.0 Å². The van der Waals surface area contributed by atoms with Crippen molar-refractivity contribution in [3.05, 3.63) is 59.2 Å². The molecule has 6 rings (SSSR count). The summed E-state index contributed by atoms with van der Waals surface area (Å²) in [6.07, 6.45) is 0.658. The molecule has 0 bridgehead atoms. The molecule has 1 unspecified atom stereocenters. The second-order valence-electron chi connectivity index (χ2n) is 9.66. The minimum atomic E-state index is -4.00. The minimum absolute atomic E-state index is 0.0741. The number of nitrogens with zero attached hydrogens (tertiary/aromatic N) is 1. The van der Waals surface area contributed by atoms with E-state index in [1.54, 1.807) is 30.3 Å². The molecule has 2 atom stereocenters. The summed E-state index contributed by atoms with van der Waals surface area (Å²) in [5.74, 6) is -3.81. The van der Waals surface area contributed by atoms with Gasteiger partial charge >= 0.3 is 0 Å². The van der Waals surface area contributed by atoms with Crippen LogP contribution in [0.2, 0.25) is 0 Å². The van der Waals surface area contributed by atoms with Crippen molar-refractivity contribution in [3.8, 4) is 5.75 Å². The van der Waals surface area contributed by atoms with E-state index in [1.165, 1.54) is 17.0 Å². The number of imide groups is 1. The van der Waals surface area contributed by atoms with Crippen LogP contribution >= 0.6 is 0 Å². The molecular formula is C25H25F2N3O7S. The molecule has 0 saturated carbocycles. The molecule has 202 valence electrons. The number of carbonyl (C=O) groups excluding carboxylic acids is 3. The predicted molar refractivity (Wildman–Crippen MR) is 128 cm³/mol. The van der Waals surface area contributed by atoms with Crippen molar-refractivity contribution in [3.63, 3.8) is 0 Å². The lowest BCUT2D eigenvalue weighted by atomic mass is 9.71. The van der Waals surface area contributed by atoms with Gasteiger partial charge in [0.2, 0.25) is 11.8 Å². The zero-order chi connectivity index (χ0) is 27.3. The number of hydrogen-bond donors (Lipinski definition) is 3. The molecule has 3 N–H and O–H groups in total. The number of carbonyl (C=O) groups is 3. The maximum atomic E-state index is 14.8. The van der Waals surface area contributed by atoms with Crippen LogP contribution in [0.3, 0.4) is 0 Å². The SMILES string of the molecule is O=C1CC[C@H](N2Cc3c(ccc4c3OCC43CCNCC3(F)F)C2=O)C(=O)N1.O=S(=O)(O)c1ccccc1. The Balaban J connectivity index is 0.000000249. The molecule has 4 aliphatic rings. The first kappa shape index (κ1) is 26.2. The van der Waals surface area contributed by atoms with Gasteiger partial charge in [0, 0.05) is 23.1 Å². The van der Waals surface area contributed by atoms with Gasteiger partial charge in [-0.1, -0.05) is 24.3 Å². The fourth-order valence-corrected chi connectivity index (χ4v) is 5.93. The van der Waals surface area contributed by atoms with Crippen LogP contribution in [0, 0.1) is 0 Å². The Morgan fingerprint density at radius 1 is 1.08 bits per heavy atom. The Kier molecular flexibility index (Phi) is 6.48. The molecule has 4 aliphatic heterocycles. The van der Waals surface area contributed by atoms with E-state index in [2.05, 4.69) is 10.6 Å². The highest BCUT2D eigenvalue weighted by Crippen LogP contribution is 2.54. The second-order valence-corrected chi connectivity index (χ2v) is 11.1. The van der Waals surface area contributed by atoms with E-state index in [-0.39, 0.29) is 49.1 Å². The van der Waals surface area contributed by atoms with Gasteiger partial charge in [-0.15, -0.1) is 0 Å². The fraction of sp³-hybridized carbons (Fsp3) is 0.400. The molecule has 2 aromatic rings. The molecule has 38 heavy (non-hydrogen) atoms. The van der Waals surface area contributed by atoms with E-state index in [0.717, 1.165) is 0 Å². The number of alkyl halides is 2. The molecule has 2 fully saturated rings. The van der Waals surface area contributed by atoms with Gasteiger partial charge in [0.05, 0.1) is 23.4 Å². The van der Waals surface area contributed by atoms with Crippen LogP contribution in [0.1, 0.15) is 40.7 Å². The lowest BCUT2D eigenvalue weighted by Gasteiger charge is -2.40. The molecule has 2 saturated heterocycles. The zero-order valence-corrected chi connectivity index (χ0v) is 20.9. The molecule has 0 radical (unpaired) electrons. The smallest absolute Gasteiger partial charge is 0.294 e. The van der Waals surface area contributed by atoms with E-state index < -0.39 is 39.9 Å². The quantitative estimate of drug-likeness (QED) is 0.379. The number of piperidine rings is 2. The molecule has 2 aromatic carbocycles. The standard InChI is InChI=1S/C19H19F2N3O4.C6H6O3S/c20-19(21)8-22-6-5-18(19)9-28-15-11-7-24(13-3-4-14(25)23-16(13)26)17(27)10(11)1-2-12(15)18;7-10(8,9)6-4-2-1-3-5-6/h1-2,13,22H,3-9H2,(H,23,25,26);1-5H,(H,7,8,9)/t13-,18?;/m0./s1. The van der Waals surface area contributed by atoms with Gasteiger partial charge in [0.25, 0.3) is 21.9 Å². The van der Waals surface area contributed by atoms with Crippen LogP contribution in [0.5, 0.6) is 5.75 Å². The average molecular weight is 550 g/mol. The maximum Gasteiger partial charge on any atom is 0.294 e. The molecule has 4 heterocycles. The number of halogens is 2. The molecule has 3 amide bonds. The Hall–Kier alpha value is -3.42. The third-order valence-corrected chi connectivity index (χ3v) is 8.33. The van der Waals surface area contributed by atoms with E-state index in [0.29, 0.717) is 29.0 Å². The summed E-state index contributed by atoms with van der Waals surface area (Å²) in [4.78, 5) is 37.8. The van der Waals surface area contributed by atoms with Crippen molar-refractivity contribution < 1.29 is 40.9 Å². The number of rotatable bonds is 2. The first-order valence-corrected chi connectivity index (χ1v) is 13.4. The number of fused-ring (bicyclic) bond motifs is 4. The van der Waals surface area contributed by atoms with Crippen molar-refractivity contribution in [2.24, 2.45) is 0 Å². The van der Waals surface area contributed by atoms with Crippen LogP contribution in [0.15, 0.2) is 47.4 Å². The monoisotopic (exact) mass is 549 g/mol. The van der Waals surface area contributed by atoms with Gasteiger partial charge in [-0.3, -0.25) is 24.3 Å². The molecule has 0 aliphatic carbocycles. The summed E-state index contributed by atoms with van der Waals surface area (Å²) in [6, 6.07) is 9.82. The third kappa shape index (κ3) is 4.33. The van der Waals surface area contributed by atoms with Crippen molar-refractivity contribution in [2.45, 2.75) is 48.1 Å². The van der Waals surface area contributed by atoms with Gasteiger partial charge in [-0.25, -0.2) is 8.78 Å². The maximum absolute atomic E-state index is 14.8. The van der Waals surface area contributed by atoms with Crippen LogP contribution in [-0.2, 0) is 31.7 Å². The summed E-state index contributed by atoms with van der Waals surface area (Å²) in [5, 5.41) is 4.99. The van der Waals surface area contributed by atoms with E-state index in [9.17, 15) is 31.6 Å². The van der Waals surface area contributed by atoms with Crippen LogP contribution in [0.4, 0.5) is 8.78 Å². The normalized spacial score (nSPS) is 25.7. The zero-order valence-electron chi connectivity index (χ0n) is 20.1. The Morgan fingerprint density at radius 3 is 2.45 bits per heavy atom. The highest BCUT2D eigenvalue weighted by Gasteiger charge is 2.61. The lowest BCUT2D eigenvalue weighted by Crippen LogP contribution is -2.57. The Morgan fingerprint density at radius 2 is 1.82 bits per heavy atom. The molecule has 0 aromatic heterocycles. The Bertz CT molecular complexity index is 1420. The second kappa shape index (κ2) is 9.40. The minimum Gasteiger partial charge on any atom is -0.492 e. The average Bonchev–Trinajstić information content (AvgIpc) is 3.41. The van der Waals surface area contributed by atoms with Gasteiger partial charge in [-0.2, -0.15) is 8.42 Å². The fourth-order valence-electron chi connectivity index (χ4n) is 5.43. The van der Waals surface area contributed by atoms with Gasteiger partial charge in [0.1, 0.15) is 18.4 Å². The van der Waals surface area contributed by atoms with Gasteiger partial charge in [0.15, 0.2) is 0 Å². The number of ether oxygens (including phenoxy) is 1. The number of amides is 3. The molecule has 13 heteroatoms. The highest BCUT2D eigenvalue weighted by molar-refractivity contribution is 7.85. The Labute approximate surface area is 217 Å². The highest BCUT2D eigenvalue weighted by atomic mass is 32.2. The lowest BCUT2D eigenvalue weighted by molar-refractivity contribution is -0.136. The van der Waals surface area contributed by atoms with E-state index in [4.69, 9.17) is 9.29 Å². The largest absolute Gasteiger partial charge is 0.492 e. The van der Waals surface area contributed by atoms with Gasteiger partial charge in [-0.05, 0) is 37.6 Å². The third-order valence-electron chi connectivity index (χ3n) is 7.46. The van der Waals surface area contributed by atoms with Crippen molar-refractivity contribution in [1.29, 1.82) is 0 Å². The summed E-state index contributed by atoms with van der Waals surface area (Å²) in [5.41, 5.74) is -0.0277. The van der Waals surface area contributed by atoms with Crippen LogP contribution in [-0.4, -0.2) is 67.3 Å². The first-order chi connectivity index (χ1) is 17.9. The number of nitrogens with one attached hydrogen (secondary N) is 2. The van der Waals surface area contributed by atoms with Crippen molar-refractivity contribution >= 4 is 27.8 Å². The number of hydrogen-bond acceptors (Lipinski definition) is 7. The topological polar surface area (TPSA) is 142 Å². The molecular weight excluding hydrogens is 524 g/mol. The van der Waals surface area contributed by atoms with E-state index in [1.807, 2.05) is 0 Å². The number of benzene rings is 2. The summed E-state index contributed by atoms with van der Waals surface area (Å²) < 4.78 is 64.6. The van der Waals surface area contributed by atoms with E-state index >= 15 is 0 Å². The first-order valence-electron chi connectivity index (χ1n) is 12.0. The van der Waals surface area contributed by atoms with Crippen LogP contribution in [0.25, 0.3) is 0 Å². The summed E-state index contributed by atoms with van der Waals surface area (Å²) in [7, 11) is -4.00. The molecule has 10 nitrogen and oxygen atoms in total. The summed E-state index contributed by atoms with van der Waals surface area (Å²) in [6.45, 7) is 0.0502. The summed E-state index contributed by atoms with van der Waals surface area (Å²) >= 11 is 0.